The largest absolute Gasteiger partial charge is 0.486 e. The van der Waals surface area contributed by atoms with Gasteiger partial charge in [0.05, 0.1) is 18.4 Å². The minimum atomic E-state index is 0.210. The molecule has 1 unspecified atom stereocenters. The fraction of sp³-hybridized carbons (Fsp3) is 0.333. The van der Waals surface area contributed by atoms with Crippen LogP contribution in [-0.4, -0.2) is 23.4 Å². The Bertz CT molecular complexity index is 801. The molecule has 0 radical (unpaired) electrons. The van der Waals surface area contributed by atoms with Crippen molar-refractivity contribution in [3.8, 4) is 17.2 Å². The molecule has 1 fully saturated rings. The lowest BCUT2D eigenvalue weighted by Gasteiger charge is -2.05. The second kappa shape index (κ2) is 6.49. The van der Waals surface area contributed by atoms with Crippen molar-refractivity contribution in [3.63, 3.8) is 0 Å². The van der Waals surface area contributed by atoms with Crippen LogP contribution in [0.1, 0.15) is 29.5 Å². The number of hydrogen-bond donors (Lipinski definition) is 0. The van der Waals surface area contributed by atoms with Gasteiger partial charge in [0.2, 0.25) is 0 Å². The zero-order valence-corrected chi connectivity index (χ0v) is 13.4. The number of benzene rings is 1. The summed E-state index contributed by atoms with van der Waals surface area (Å²) in [6, 6.07) is 9.70. The van der Waals surface area contributed by atoms with Crippen LogP contribution in [-0.2, 0) is 11.3 Å². The highest BCUT2D eigenvalue weighted by Gasteiger charge is 2.24. The summed E-state index contributed by atoms with van der Waals surface area (Å²) in [6.07, 6.45) is 2.53. The van der Waals surface area contributed by atoms with Crippen molar-refractivity contribution in [2.24, 2.45) is 0 Å². The lowest BCUT2D eigenvalue weighted by atomic mass is 10.1. The zero-order valence-electron chi connectivity index (χ0n) is 13.4. The van der Waals surface area contributed by atoms with Crippen molar-refractivity contribution >= 4 is 0 Å². The number of hydrogen-bond acceptors (Lipinski definition) is 6. The van der Waals surface area contributed by atoms with Crippen molar-refractivity contribution in [3.05, 3.63) is 53.7 Å². The van der Waals surface area contributed by atoms with E-state index in [1.54, 1.807) is 6.26 Å². The van der Waals surface area contributed by atoms with Gasteiger partial charge in [-0.1, -0.05) is 22.9 Å². The van der Waals surface area contributed by atoms with Crippen LogP contribution in [0, 0.1) is 6.92 Å². The van der Waals surface area contributed by atoms with Gasteiger partial charge in [-0.05, 0) is 31.5 Å². The molecule has 0 aliphatic carbocycles. The maximum absolute atomic E-state index is 5.77. The lowest BCUT2D eigenvalue weighted by Crippen LogP contribution is -2.00. The molecule has 3 aromatic rings. The summed E-state index contributed by atoms with van der Waals surface area (Å²) in [7, 11) is 0. The van der Waals surface area contributed by atoms with E-state index in [1.165, 1.54) is 5.56 Å². The Hall–Kier alpha value is -2.60. The fourth-order valence-corrected chi connectivity index (χ4v) is 2.67. The summed E-state index contributed by atoms with van der Waals surface area (Å²) in [5, 5.41) is 4.07. The van der Waals surface area contributed by atoms with Crippen molar-refractivity contribution in [2.75, 3.05) is 13.2 Å². The molecule has 1 aliphatic heterocycles. The second-order valence-corrected chi connectivity index (χ2v) is 5.88. The van der Waals surface area contributed by atoms with Crippen molar-refractivity contribution in [1.82, 2.24) is 10.1 Å². The summed E-state index contributed by atoms with van der Waals surface area (Å²) in [4.78, 5) is 4.49. The third kappa shape index (κ3) is 3.05. The molecule has 6 nitrogen and oxygen atoms in total. The number of furan rings is 1. The Balaban J connectivity index is 1.49. The molecule has 2 aromatic heterocycles. The SMILES string of the molecule is Cc1ccc(OCc2occc2-c2nc(C3CCOC3)no2)cc1. The molecule has 1 aliphatic rings. The van der Waals surface area contributed by atoms with Gasteiger partial charge in [-0.3, -0.25) is 0 Å². The van der Waals surface area contributed by atoms with Gasteiger partial charge in [0.15, 0.2) is 11.6 Å². The van der Waals surface area contributed by atoms with E-state index >= 15 is 0 Å². The van der Waals surface area contributed by atoms with Crippen LogP contribution in [0.15, 0.2) is 45.5 Å². The highest BCUT2D eigenvalue weighted by Crippen LogP contribution is 2.28. The van der Waals surface area contributed by atoms with Gasteiger partial charge in [-0.25, -0.2) is 0 Å². The topological polar surface area (TPSA) is 70.5 Å². The molecular weight excluding hydrogens is 308 g/mol. The van der Waals surface area contributed by atoms with Gasteiger partial charge in [-0.15, -0.1) is 0 Å². The van der Waals surface area contributed by atoms with E-state index in [-0.39, 0.29) is 5.92 Å². The highest BCUT2D eigenvalue weighted by atomic mass is 16.5. The summed E-state index contributed by atoms with van der Waals surface area (Å²) in [5.74, 6) is 2.80. The molecule has 124 valence electrons. The molecule has 0 amide bonds. The van der Waals surface area contributed by atoms with E-state index in [4.69, 9.17) is 18.4 Å². The minimum absolute atomic E-state index is 0.210. The minimum Gasteiger partial charge on any atom is -0.486 e. The van der Waals surface area contributed by atoms with Crippen molar-refractivity contribution in [1.29, 1.82) is 0 Å². The quantitative estimate of drug-likeness (QED) is 0.711. The van der Waals surface area contributed by atoms with Crippen LogP contribution in [0.5, 0.6) is 5.75 Å². The molecule has 3 heterocycles. The van der Waals surface area contributed by atoms with Gasteiger partial charge in [0, 0.05) is 12.5 Å². The highest BCUT2D eigenvalue weighted by molar-refractivity contribution is 5.55. The molecular formula is C18H18N2O4. The Morgan fingerprint density at radius 2 is 2.08 bits per heavy atom. The number of nitrogens with zero attached hydrogens (tertiary/aromatic N) is 2. The first-order valence-corrected chi connectivity index (χ1v) is 7.97. The molecule has 1 atom stereocenters. The molecule has 4 rings (SSSR count). The number of ether oxygens (including phenoxy) is 2. The van der Waals surface area contributed by atoms with E-state index in [0.717, 1.165) is 24.3 Å². The Labute approximate surface area is 139 Å². The van der Waals surface area contributed by atoms with Crippen LogP contribution >= 0.6 is 0 Å². The first kappa shape index (κ1) is 15.0. The summed E-state index contributed by atoms with van der Waals surface area (Å²) >= 11 is 0. The van der Waals surface area contributed by atoms with Crippen LogP contribution < -0.4 is 4.74 Å². The standard InChI is InChI=1S/C18H18N2O4/c1-12-2-4-14(5-3-12)23-11-16-15(7-9-22-16)18-19-17(20-24-18)13-6-8-21-10-13/h2-5,7,9,13H,6,8,10-11H2,1H3. The first-order valence-electron chi connectivity index (χ1n) is 7.97. The molecule has 6 heteroatoms. The zero-order chi connectivity index (χ0) is 16.4. The normalized spacial score (nSPS) is 17.3. The number of rotatable bonds is 5. The van der Waals surface area contributed by atoms with Crippen LogP contribution in [0.4, 0.5) is 0 Å². The smallest absolute Gasteiger partial charge is 0.261 e. The summed E-state index contributed by atoms with van der Waals surface area (Å²) in [6.45, 7) is 3.73. The van der Waals surface area contributed by atoms with Gasteiger partial charge in [0.25, 0.3) is 5.89 Å². The molecule has 0 bridgehead atoms. The number of aryl methyl sites for hydroxylation is 1. The predicted octanol–water partition coefficient (Wildman–Crippen LogP) is 3.72. The molecule has 0 spiro atoms. The van der Waals surface area contributed by atoms with Crippen LogP contribution in [0.25, 0.3) is 11.5 Å². The molecule has 1 saturated heterocycles. The Morgan fingerprint density at radius 1 is 1.21 bits per heavy atom. The van der Waals surface area contributed by atoms with Gasteiger partial charge in [0.1, 0.15) is 12.4 Å². The van der Waals surface area contributed by atoms with Crippen molar-refractivity contribution < 1.29 is 18.4 Å². The van der Waals surface area contributed by atoms with E-state index in [0.29, 0.717) is 30.7 Å². The Kier molecular flexibility index (Phi) is 4.04. The van der Waals surface area contributed by atoms with E-state index in [1.807, 2.05) is 37.3 Å². The van der Waals surface area contributed by atoms with Crippen LogP contribution in [0.3, 0.4) is 0 Å². The third-order valence-corrected chi connectivity index (χ3v) is 4.10. The van der Waals surface area contributed by atoms with Crippen LogP contribution in [0.2, 0.25) is 0 Å². The maximum Gasteiger partial charge on any atom is 0.261 e. The monoisotopic (exact) mass is 326 g/mol. The molecule has 0 saturated carbocycles. The second-order valence-electron chi connectivity index (χ2n) is 5.88. The Morgan fingerprint density at radius 3 is 2.88 bits per heavy atom. The lowest BCUT2D eigenvalue weighted by molar-refractivity contribution is 0.192. The predicted molar refractivity (Wildman–Crippen MR) is 85.7 cm³/mol. The fourth-order valence-electron chi connectivity index (χ4n) is 2.67. The van der Waals surface area contributed by atoms with E-state index in [9.17, 15) is 0 Å². The maximum atomic E-state index is 5.77. The molecule has 24 heavy (non-hydrogen) atoms. The number of aromatic nitrogens is 2. The summed E-state index contributed by atoms with van der Waals surface area (Å²) < 4.78 is 22.1. The first-order chi connectivity index (χ1) is 11.8. The van der Waals surface area contributed by atoms with E-state index in [2.05, 4.69) is 10.1 Å². The third-order valence-electron chi connectivity index (χ3n) is 4.10. The van der Waals surface area contributed by atoms with Gasteiger partial charge >= 0.3 is 0 Å². The van der Waals surface area contributed by atoms with Gasteiger partial charge in [-0.2, -0.15) is 4.98 Å². The average molecular weight is 326 g/mol. The van der Waals surface area contributed by atoms with Gasteiger partial charge < -0.3 is 18.4 Å². The summed E-state index contributed by atoms with van der Waals surface area (Å²) in [5.41, 5.74) is 1.95. The molecule has 0 N–H and O–H groups in total. The molecule has 1 aromatic carbocycles. The average Bonchev–Trinajstić information content (AvgIpc) is 3.33. The van der Waals surface area contributed by atoms with E-state index < -0.39 is 0 Å². The van der Waals surface area contributed by atoms with Crippen molar-refractivity contribution in [2.45, 2.75) is 25.9 Å².